The monoisotopic (exact) mass is 283 g/mol. The third-order valence-corrected chi connectivity index (χ3v) is 3.77. The van der Waals surface area contributed by atoms with Gasteiger partial charge < -0.3 is 9.64 Å². The van der Waals surface area contributed by atoms with E-state index in [9.17, 15) is 4.79 Å². The van der Waals surface area contributed by atoms with E-state index in [-0.39, 0.29) is 11.9 Å². The third kappa shape index (κ3) is 3.85. The quantitative estimate of drug-likeness (QED) is 0.841. The summed E-state index contributed by atoms with van der Waals surface area (Å²) in [5, 5.41) is 0. The first-order valence-electron chi connectivity index (χ1n) is 7.05. The van der Waals surface area contributed by atoms with Gasteiger partial charge in [-0.25, -0.2) is 0 Å². The van der Waals surface area contributed by atoms with Crippen LogP contribution in [0.1, 0.15) is 24.1 Å². The first kappa shape index (κ1) is 15.1. The highest BCUT2D eigenvalue weighted by molar-refractivity contribution is 5.79. The summed E-state index contributed by atoms with van der Waals surface area (Å²) in [4.78, 5) is 14.2. The van der Waals surface area contributed by atoms with Crippen molar-refractivity contribution in [1.82, 2.24) is 4.90 Å². The van der Waals surface area contributed by atoms with Crippen LogP contribution in [0.25, 0.3) is 0 Å². The minimum absolute atomic E-state index is 0.0666. The van der Waals surface area contributed by atoms with Crippen molar-refractivity contribution in [2.45, 2.75) is 19.4 Å². The molecule has 0 aliphatic heterocycles. The van der Waals surface area contributed by atoms with Crippen molar-refractivity contribution in [2.75, 3.05) is 14.2 Å². The van der Waals surface area contributed by atoms with Crippen molar-refractivity contribution in [3.63, 3.8) is 0 Å². The third-order valence-electron chi connectivity index (χ3n) is 3.77. The Labute approximate surface area is 126 Å². The summed E-state index contributed by atoms with van der Waals surface area (Å²) in [7, 11) is 3.49. The Morgan fingerprint density at radius 2 is 1.71 bits per heavy atom. The molecule has 0 radical (unpaired) electrons. The van der Waals surface area contributed by atoms with Gasteiger partial charge in [0.25, 0.3) is 0 Å². The number of rotatable bonds is 5. The Hall–Kier alpha value is -2.29. The number of likely N-dealkylation sites (N-methyl/N-ethyl adjacent to an activating group) is 1. The van der Waals surface area contributed by atoms with Gasteiger partial charge in [-0.05, 0) is 30.2 Å². The fourth-order valence-electron chi connectivity index (χ4n) is 2.21. The smallest absolute Gasteiger partial charge is 0.227 e. The minimum atomic E-state index is 0.0666. The molecule has 0 saturated carbocycles. The molecule has 0 fully saturated rings. The molecular weight excluding hydrogens is 262 g/mol. The second-order valence-electron chi connectivity index (χ2n) is 5.12. The molecule has 0 unspecified atom stereocenters. The van der Waals surface area contributed by atoms with Crippen LogP contribution in [0.2, 0.25) is 0 Å². The van der Waals surface area contributed by atoms with Gasteiger partial charge in [-0.3, -0.25) is 4.79 Å². The van der Waals surface area contributed by atoms with Gasteiger partial charge in [0.2, 0.25) is 5.91 Å². The van der Waals surface area contributed by atoms with Crippen molar-refractivity contribution >= 4 is 5.91 Å². The predicted octanol–water partition coefficient (Wildman–Crippen LogP) is 3.46. The number of hydrogen-bond donors (Lipinski definition) is 0. The number of nitrogens with zero attached hydrogens (tertiary/aromatic N) is 1. The van der Waals surface area contributed by atoms with Crippen molar-refractivity contribution in [2.24, 2.45) is 0 Å². The highest BCUT2D eigenvalue weighted by atomic mass is 16.5. The van der Waals surface area contributed by atoms with E-state index in [2.05, 4.69) is 0 Å². The summed E-state index contributed by atoms with van der Waals surface area (Å²) in [5.41, 5.74) is 2.14. The van der Waals surface area contributed by atoms with E-state index in [0.717, 1.165) is 16.9 Å². The number of benzene rings is 2. The fourth-order valence-corrected chi connectivity index (χ4v) is 2.21. The highest BCUT2D eigenvalue weighted by Gasteiger charge is 2.17. The summed E-state index contributed by atoms with van der Waals surface area (Å²) in [6.45, 7) is 2.04. The Morgan fingerprint density at radius 1 is 1.10 bits per heavy atom. The molecule has 0 aliphatic carbocycles. The Bertz CT molecular complexity index is 578. The van der Waals surface area contributed by atoms with Gasteiger partial charge in [-0.2, -0.15) is 0 Å². The first-order valence-corrected chi connectivity index (χ1v) is 7.05. The zero-order valence-corrected chi connectivity index (χ0v) is 12.7. The van der Waals surface area contributed by atoms with Crippen molar-refractivity contribution in [1.29, 1.82) is 0 Å². The summed E-state index contributed by atoms with van der Waals surface area (Å²) in [6, 6.07) is 17.7. The van der Waals surface area contributed by atoms with Crippen LogP contribution in [0.3, 0.4) is 0 Å². The number of ether oxygens (including phenoxy) is 1. The average Bonchev–Trinajstić information content (AvgIpc) is 2.55. The van der Waals surface area contributed by atoms with Crippen molar-refractivity contribution in [3.05, 3.63) is 65.7 Å². The molecule has 3 nitrogen and oxygen atoms in total. The Balaban J connectivity index is 2.01. The number of amides is 1. The van der Waals surface area contributed by atoms with E-state index >= 15 is 0 Å². The fraction of sp³-hybridized carbons (Fsp3) is 0.278. The molecule has 1 amide bonds. The van der Waals surface area contributed by atoms with Crippen LogP contribution < -0.4 is 4.74 Å². The lowest BCUT2D eigenvalue weighted by Crippen LogP contribution is -2.30. The number of carbonyl (C=O) groups excluding carboxylic acids is 1. The SMILES string of the molecule is COc1ccc(CC(=O)N(C)[C@H](C)c2ccccc2)cc1. The lowest BCUT2D eigenvalue weighted by Gasteiger charge is -2.25. The summed E-state index contributed by atoms with van der Waals surface area (Å²) in [5.74, 6) is 0.911. The zero-order valence-electron chi connectivity index (χ0n) is 12.7. The summed E-state index contributed by atoms with van der Waals surface area (Å²) >= 11 is 0. The van der Waals surface area contributed by atoms with Crippen molar-refractivity contribution < 1.29 is 9.53 Å². The molecule has 110 valence electrons. The standard InChI is InChI=1S/C18H21NO2/c1-14(16-7-5-4-6-8-16)19(2)18(20)13-15-9-11-17(21-3)12-10-15/h4-12,14H,13H2,1-3H3/t14-/m1/s1. The second kappa shape index (κ2) is 6.93. The molecule has 21 heavy (non-hydrogen) atoms. The van der Waals surface area contributed by atoms with Crippen LogP contribution in [0, 0.1) is 0 Å². The van der Waals surface area contributed by atoms with Gasteiger partial charge in [0.15, 0.2) is 0 Å². The van der Waals surface area contributed by atoms with Gasteiger partial charge in [0.1, 0.15) is 5.75 Å². The van der Waals surface area contributed by atoms with Crippen molar-refractivity contribution in [3.8, 4) is 5.75 Å². The number of methoxy groups -OCH3 is 1. The largest absolute Gasteiger partial charge is 0.497 e. The van der Waals surface area contributed by atoms with Gasteiger partial charge in [-0.1, -0.05) is 42.5 Å². The van der Waals surface area contributed by atoms with Gasteiger partial charge in [0.05, 0.1) is 19.6 Å². The van der Waals surface area contributed by atoms with E-state index in [1.807, 2.05) is 68.6 Å². The zero-order chi connectivity index (χ0) is 15.2. The molecule has 0 aliphatic rings. The molecule has 2 aromatic rings. The molecular formula is C18H21NO2. The molecule has 2 rings (SSSR count). The first-order chi connectivity index (χ1) is 10.1. The molecule has 0 bridgehead atoms. The molecule has 0 N–H and O–H groups in total. The maximum atomic E-state index is 12.4. The van der Waals surface area contributed by atoms with Crippen LogP contribution in [0.4, 0.5) is 0 Å². The molecule has 2 aromatic carbocycles. The average molecular weight is 283 g/mol. The van der Waals surface area contributed by atoms with E-state index in [1.165, 1.54) is 0 Å². The molecule has 0 saturated heterocycles. The predicted molar refractivity (Wildman–Crippen MR) is 84.3 cm³/mol. The normalized spacial score (nSPS) is 11.8. The molecule has 0 aromatic heterocycles. The molecule has 3 heteroatoms. The minimum Gasteiger partial charge on any atom is -0.497 e. The van der Waals surface area contributed by atoms with Crippen LogP contribution in [0.5, 0.6) is 5.75 Å². The maximum absolute atomic E-state index is 12.4. The van der Waals surface area contributed by atoms with Crippen LogP contribution in [-0.4, -0.2) is 25.0 Å². The van der Waals surface area contributed by atoms with Gasteiger partial charge in [-0.15, -0.1) is 0 Å². The summed E-state index contributed by atoms with van der Waals surface area (Å²) < 4.78 is 5.12. The van der Waals surface area contributed by atoms with Gasteiger partial charge >= 0.3 is 0 Å². The molecule has 0 heterocycles. The lowest BCUT2D eigenvalue weighted by atomic mass is 10.1. The van der Waals surface area contributed by atoms with E-state index < -0.39 is 0 Å². The molecule has 1 atom stereocenters. The van der Waals surface area contributed by atoms with E-state index in [0.29, 0.717) is 6.42 Å². The van der Waals surface area contributed by atoms with E-state index in [1.54, 1.807) is 12.0 Å². The van der Waals surface area contributed by atoms with Crippen LogP contribution in [-0.2, 0) is 11.2 Å². The van der Waals surface area contributed by atoms with Gasteiger partial charge in [0, 0.05) is 7.05 Å². The van der Waals surface area contributed by atoms with Crippen LogP contribution in [0.15, 0.2) is 54.6 Å². The molecule has 0 spiro atoms. The Morgan fingerprint density at radius 3 is 2.29 bits per heavy atom. The second-order valence-corrected chi connectivity index (χ2v) is 5.12. The topological polar surface area (TPSA) is 29.5 Å². The number of carbonyl (C=O) groups is 1. The number of hydrogen-bond acceptors (Lipinski definition) is 2. The summed E-state index contributed by atoms with van der Waals surface area (Å²) in [6.07, 6.45) is 0.400. The van der Waals surface area contributed by atoms with E-state index in [4.69, 9.17) is 4.74 Å². The van der Waals surface area contributed by atoms with Crippen LogP contribution >= 0.6 is 0 Å². The maximum Gasteiger partial charge on any atom is 0.227 e. The lowest BCUT2D eigenvalue weighted by molar-refractivity contribution is -0.131. The Kier molecular flexibility index (Phi) is 4.99. The highest BCUT2D eigenvalue weighted by Crippen LogP contribution is 2.19.